The Labute approximate surface area is 93.3 Å². The van der Waals surface area contributed by atoms with Crippen molar-refractivity contribution in [3.05, 3.63) is 39.4 Å². The molecule has 15 heavy (non-hydrogen) atoms. The molecule has 2 aromatic rings. The summed E-state index contributed by atoms with van der Waals surface area (Å²) >= 11 is 3.07. The molecule has 0 aliphatic carbocycles. The molecule has 76 valence electrons. The first kappa shape index (κ1) is 10.3. The fourth-order valence-corrected chi connectivity index (χ4v) is 1.52. The molecule has 5 nitrogen and oxygen atoms in total. The molecule has 0 saturated carbocycles. The van der Waals surface area contributed by atoms with Crippen LogP contribution in [0.3, 0.4) is 0 Å². The monoisotopic (exact) mass is 268 g/mol. The van der Waals surface area contributed by atoms with Crippen molar-refractivity contribution >= 4 is 34.2 Å². The summed E-state index contributed by atoms with van der Waals surface area (Å²) in [4.78, 5) is 15.5. The number of nitrogens with zero attached hydrogens (tertiary/aromatic N) is 2. The van der Waals surface area contributed by atoms with E-state index in [4.69, 9.17) is 10.0 Å². The highest BCUT2D eigenvalue weighted by Gasteiger charge is 2.12. The molecule has 2 aromatic heterocycles. The Morgan fingerprint density at radius 3 is 2.87 bits per heavy atom. The molecule has 2 rings (SSSR count). The summed E-state index contributed by atoms with van der Waals surface area (Å²) in [5.41, 5.74) is 0.428. The minimum Gasteiger partial charge on any atom is -0.423 e. The highest BCUT2D eigenvalue weighted by atomic mass is 79.9. The molecule has 0 saturated heterocycles. The largest absolute Gasteiger partial charge is 0.488 e. The second-order valence-electron chi connectivity index (χ2n) is 2.97. The molecule has 2 heterocycles. The maximum Gasteiger partial charge on any atom is 0.488 e. The van der Waals surface area contributed by atoms with Crippen LogP contribution in [0.1, 0.15) is 0 Å². The summed E-state index contributed by atoms with van der Waals surface area (Å²) in [6, 6.07) is 2.89. The number of fused-ring (bicyclic) bond motifs is 1. The van der Waals surface area contributed by atoms with Gasteiger partial charge in [-0.2, -0.15) is 0 Å². The van der Waals surface area contributed by atoms with Crippen LogP contribution in [0.2, 0.25) is 0 Å². The summed E-state index contributed by atoms with van der Waals surface area (Å²) in [6.07, 6.45) is 2.83. The van der Waals surface area contributed by atoms with Crippen LogP contribution in [0.25, 0.3) is 5.65 Å². The van der Waals surface area contributed by atoms with Crippen LogP contribution >= 0.6 is 15.9 Å². The zero-order chi connectivity index (χ0) is 11.0. The van der Waals surface area contributed by atoms with Gasteiger partial charge in [-0.15, -0.1) is 0 Å². The van der Waals surface area contributed by atoms with Crippen molar-refractivity contribution in [3.8, 4) is 0 Å². The van der Waals surface area contributed by atoms with E-state index in [-0.39, 0.29) is 5.56 Å². The van der Waals surface area contributed by atoms with Crippen LogP contribution in [-0.4, -0.2) is 26.6 Å². The van der Waals surface area contributed by atoms with Gasteiger partial charge in [0.1, 0.15) is 10.1 Å². The lowest BCUT2D eigenvalue weighted by Crippen LogP contribution is -2.31. The molecule has 0 bridgehead atoms. The molecule has 0 amide bonds. The van der Waals surface area contributed by atoms with Gasteiger partial charge in [0, 0.05) is 12.4 Å². The van der Waals surface area contributed by atoms with Gasteiger partial charge in [0.2, 0.25) is 0 Å². The fraction of sp³-hybridized carbons (Fsp3) is 0. The number of halogens is 1. The second kappa shape index (κ2) is 3.76. The van der Waals surface area contributed by atoms with Crippen molar-refractivity contribution in [2.75, 3.05) is 0 Å². The first-order valence-corrected chi connectivity index (χ1v) is 4.92. The van der Waals surface area contributed by atoms with Gasteiger partial charge in [-0.25, -0.2) is 4.98 Å². The summed E-state index contributed by atoms with van der Waals surface area (Å²) in [5, 5.41) is 17.9. The highest BCUT2D eigenvalue weighted by molar-refractivity contribution is 9.10. The molecular formula is C8H6BBrN2O3. The third-order valence-corrected chi connectivity index (χ3v) is 2.53. The first-order chi connectivity index (χ1) is 7.09. The van der Waals surface area contributed by atoms with E-state index >= 15 is 0 Å². The lowest BCUT2D eigenvalue weighted by atomic mass is 9.81. The number of rotatable bonds is 1. The van der Waals surface area contributed by atoms with E-state index in [9.17, 15) is 4.79 Å². The number of hydrogen-bond acceptors (Lipinski definition) is 4. The van der Waals surface area contributed by atoms with Crippen LogP contribution in [0.5, 0.6) is 0 Å². The van der Waals surface area contributed by atoms with Gasteiger partial charge in [-0.05, 0) is 33.5 Å². The Morgan fingerprint density at radius 1 is 1.47 bits per heavy atom. The number of aromatic nitrogens is 2. The summed E-state index contributed by atoms with van der Waals surface area (Å²) in [5.74, 6) is 0. The summed E-state index contributed by atoms with van der Waals surface area (Å²) in [6.45, 7) is 0. The van der Waals surface area contributed by atoms with E-state index in [2.05, 4.69) is 20.9 Å². The van der Waals surface area contributed by atoms with Crippen LogP contribution in [0.15, 0.2) is 33.8 Å². The van der Waals surface area contributed by atoms with Gasteiger partial charge in [0.05, 0.1) is 0 Å². The molecule has 0 atom stereocenters. The average Bonchev–Trinajstić information content (AvgIpc) is 2.23. The van der Waals surface area contributed by atoms with E-state index in [0.717, 1.165) is 0 Å². The Balaban J connectivity index is 2.76. The van der Waals surface area contributed by atoms with E-state index < -0.39 is 7.12 Å². The second-order valence-corrected chi connectivity index (χ2v) is 3.83. The lowest BCUT2D eigenvalue weighted by Gasteiger charge is -2.03. The number of hydrogen-bond donors (Lipinski definition) is 2. The zero-order valence-electron chi connectivity index (χ0n) is 7.46. The Morgan fingerprint density at radius 2 is 2.20 bits per heavy atom. The zero-order valence-corrected chi connectivity index (χ0v) is 9.05. The van der Waals surface area contributed by atoms with Crippen LogP contribution in [0, 0.1) is 0 Å². The molecular weight excluding hydrogens is 263 g/mol. The first-order valence-electron chi connectivity index (χ1n) is 4.12. The van der Waals surface area contributed by atoms with Crippen molar-refractivity contribution in [3.63, 3.8) is 0 Å². The highest BCUT2D eigenvalue weighted by Crippen LogP contribution is 2.02. The Kier molecular flexibility index (Phi) is 2.60. The van der Waals surface area contributed by atoms with Crippen molar-refractivity contribution in [2.45, 2.75) is 0 Å². The van der Waals surface area contributed by atoms with Gasteiger partial charge in [-0.1, -0.05) is 0 Å². The Bertz CT molecular complexity index is 569. The molecule has 0 aromatic carbocycles. The van der Waals surface area contributed by atoms with Crippen LogP contribution in [-0.2, 0) is 0 Å². The molecule has 7 heteroatoms. The minimum absolute atomic E-state index is 0.237. The predicted octanol–water partition coefficient (Wildman–Crippen LogP) is -0.863. The molecule has 2 N–H and O–H groups in total. The van der Waals surface area contributed by atoms with Gasteiger partial charge in [0.15, 0.2) is 0 Å². The van der Waals surface area contributed by atoms with Gasteiger partial charge in [-0.3, -0.25) is 9.20 Å². The van der Waals surface area contributed by atoms with Crippen LogP contribution in [0.4, 0.5) is 0 Å². The van der Waals surface area contributed by atoms with E-state index in [1.165, 1.54) is 28.9 Å². The standard InChI is InChI=1S/C8H6BBrN2O3/c10-6-4-11-7-3-5(9(14)15)1-2-12(7)8(6)13/h1-4,14-15H. The topological polar surface area (TPSA) is 74.8 Å². The quantitative estimate of drug-likeness (QED) is 0.660. The Hall–Kier alpha value is -1.18. The third kappa shape index (κ3) is 1.81. The normalized spacial score (nSPS) is 10.6. The van der Waals surface area contributed by atoms with Crippen LogP contribution < -0.4 is 11.0 Å². The van der Waals surface area contributed by atoms with Crippen molar-refractivity contribution in [1.82, 2.24) is 9.38 Å². The van der Waals surface area contributed by atoms with E-state index in [1.807, 2.05) is 0 Å². The molecule has 0 radical (unpaired) electrons. The third-order valence-electron chi connectivity index (χ3n) is 1.99. The maximum atomic E-state index is 11.6. The summed E-state index contributed by atoms with van der Waals surface area (Å²) < 4.78 is 1.67. The molecule has 0 aliphatic heterocycles. The van der Waals surface area contributed by atoms with Gasteiger partial charge < -0.3 is 10.0 Å². The van der Waals surface area contributed by atoms with Gasteiger partial charge >= 0.3 is 7.12 Å². The number of pyridine rings is 1. The van der Waals surface area contributed by atoms with Crippen molar-refractivity contribution in [2.24, 2.45) is 0 Å². The lowest BCUT2D eigenvalue weighted by molar-refractivity contribution is 0.425. The molecule has 0 unspecified atom stereocenters. The molecule has 0 fully saturated rings. The SMILES string of the molecule is O=c1c(Br)cnc2cc(B(O)O)ccn12. The average molecular weight is 269 g/mol. The van der Waals surface area contributed by atoms with Gasteiger partial charge in [0.25, 0.3) is 5.56 Å². The van der Waals surface area contributed by atoms with E-state index in [0.29, 0.717) is 15.6 Å². The summed E-state index contributed by atoms with van der Waals surface area (Å²) in [7, 11) is -1.56. The predicted molar refractivity (Wildman–Crippen MR) is 59.0 cm³/mol. The maximum absolute atomic E-state index is 11.6. The minimum atomic E-state index is -1.56. The molecule has 0 spiro atoms. The smallest absolute Gasteiger partial charge is 0.423 e. The van der Waals surface area contributed by atoms with Crippen molar-refractivity contribution in [1.29, 1.82) is 0 Å². The fourth-order valence-electron chi connectivity index (χ4n) is 1.23. The van der Waals surface area contributed by atoms with Crippen molar-refractivity contribution < 1.29 is 10.0 Å². The molecule has 0 aliphatic rings. The van der Waals surface area contributed by atoms with E-state index in [1.54, 1.807) is 0 Å².